The third kappa shape index (κ3) is 1.88. The largest absolute Gasteiger partial charge is 0.390 e. The van der Waals surface area contributed by atoms with Gasteiger partial charge in [0.1, 0.15) is 11.6 Å². The predicted octanol–water partition coefficient (Wildman–Crippen LogP) is 2.58. The summed E-state index contributed by atoms with van der Waals surface area (Å²) in [5.74, 6) is -1.03. The van der Waals surface area contributed by atoms with Crippen LogP contribution in [0.5, 0.6) is 0 Å². The molecule has 2 rings (SSSR count). The summed E-state index contributed by atoms with van der Waals surface area (Å²) in [7, 11) is 0. The first-order valence-electron chi connectivity index (χ1n) is 4.21. The lowest BCUT2D eigenvalue weighted by atomic mass is 10.1. The minimum absolute atomic E-state index is 0.140. The highest BCUT2D eigenvalue weighted by molar-refractivity contribution is 7.13. The van der Waals surface area contributed by atoms with E-state index >= 15 is 0 Å². The fourth-order valence-electron chi connectivity index (χ4n) is 1.27. The minimum atomic E-state index is -0.518. The molecule has 1 heterocycles. The molecule has 0 bridgehead atoms. The van der Waals surface area contributed by atoms with E-state index < -0.39 is 11.6 Å². The van der Waals surface area contributed by atoms with Gasteiger partial charge in [0.2, 0.25) is 0 Å². The van der Waals surface area contributed by atoms with E-state index in [0.717, 1.165) is 18.2 Å². The summed E-state index contributed by atoms with van der Waals surface area (Å²) in [5.41, 5.74) is 2.00. The SMILES string of the molecule is OCc1ncsc1-c1cc(F)ccc1F. The summed E-state index contributed by atoms with van der Waals surface area (Å²) < 4.78 is 26.3. The second-order valence-electron chi connectivity index (χ2n) is 2.91. The Kier molecular flexibility index (Phi) is 2.75. The van der Waals surface area contributed by atoms with Crippen molar-refractivity contribution in [2.75, 3.05) is 0 Å². The Balaban J connectivity index is 2.58. The van der Waals surface area contributed by atoms with Gasteiger partial charge in [0.25, 0.3) is 0 Å². The van der Waals surface area contributed by atoms with Crippen molar-refractivity contribution in [3.05, 3.63) is 41.0 Å². The molecule has 2 aromatic rings. The van der Waals surface area contributed by atoms with Crippen LogP contribution in [0.4, 0.5) is 8.78 Å². The Labute approximate surface area is 88.8 Å². The number of nitrogens with zero attached hydrogens (tertiary/aromatic N) is 1. The summed E-state index contributed by atoms with van der Waals surface area (Å²) in [6, 6.07) is 3.21. The van der Waals surface area contributed by atoms with Gasteiger partial charge in [0.05, 0.1) is 22.7 Å². The van der Waals surface area contributed by atoms with Gasteiger partial charge in [-0.1, -0.05) is 0 Å². The maximum absolute atomic E-state index is 13.4. The summed E-state index contributed by atoms with van der Waals surface area (Å²) >= 11 is 1.17. The van der Waals surface area contributed by atoms with Crippen molar-refractivity contribution in [2.24, 2.45) is 0 Å². The van der Waals surface area contributed by atoms with E-state index in [9.17, 15) is 8.78 Å². The van der Waals surface area contributed by atoms with Crippen molar-refractivity contribution in [1.29, 1.82) is 0 Å². The van der Waals surface area contributed by atoms with Crippen LogP contribution in [-0.4, -0.2) is 10.1 Å². The second-order valence-corrected chi connectivity index (χ2v) is 3.77. The van der Waals surface area contributed by atoms with Crippen molar-refractivity contribution in [2.45, 2.75) is 6.61 Å². The molecular weight excluding hydrogens is 220 g/mol. The zero-order valence-corrected chi connectivity index (χ0v) is 8.39. The third-order valence-corrected chi connectivity index (χ3v) is 2.87. The van der Waals surface area contributed by atoms with E-state index in [1.54, 1.807) is 0 Å². The van der Waals surface area contributed by atoms with E-state index in [-0.39, 0.29) is 12.2 Å². The number of hydrogen-bond acceptors (Lipinski definition) is 3. The number of aliphatic hydroxyl groups is 1. The second kappa shape index (κ2) is 4.04. The van der Waals surface area contributed by atoms with Gasteiger partial charge < -0.3 is 5.11 Å². The Morgan fingerprint density at radius 2 is 2.13 bits per heavy atom. The number of rotatable bonds is 2. The summed E-state index contributed by atoms with van der Waals surface area (Å²) in [5, 5.41) is 8.96. The van der Waals surface area contributed by atoms with Gasteiger partial charge in [0.15, 0.2) is 0 Å². The molecule has 15 heavy (non-hydrogen) atoms. The zero-order chi connectivity index (χ0) is 10.8. The molecule has 0 aliphatic rings. The molecule has 0 radical (unpaired) electrons. The number of benzene rings is 1. The van der Waals surface area contributed by atoms with Gasteiger partial charge in [-0.3, -0.25) is 0 Å². The van der Waals surface area contributed by atoms with Gasteiger partial charge in [0, 0.05) is 5.56 Å². The minimum Gasteiger partial charge on any atom is -0.390 e. The van der Waals surface area contributed by atoms with Crippen LogP contribution in [0, 0.1) is 11.6 Å². The number of halogens is 2. The number of thiazole rings is 1. The predicted molar refractivity (Wildman–Crippen MR) is 53.4 cm³/mol. The molecule has 0 saturated carbocycles. The van der Waals surface area contributed by atoms with Crippen LogP contribution in [0.1, 0.15) is 5.69 Å². The van der Waals surface area contributed by atoms with Gasteiger partial charge >= 0.3 is 0 Å². The fourth-order valence-corrected chi connectivity index (χ4v) is 2.09. The van der Waals surface area contributed by atoms with Crippen molar-refractivity contribution < 1.29 is 13.9 Å². The Hall–Kier alpha value is -1.33. The van der Waals surface area contributed by atoms with Crippen LogP contribution < -0.4 is 0 Å². The maximum Gasteiger partial charge on any atom is 0.132 e. The summed E-state index contributed by atoms with van der Waals surface area (Å²) in [4.78, 5) is 4.33. The van der Waals surface area contributed by atoms with Crippen LogP contribution in [-0.2, 0) is 6.61 Å². The van der Waals surface area contributed by atoms with E-state index in [0.29, 0.717) is 10.6 Å². The lowest BCUT2D eigenvalue weighted by Crippen LogP contribution is -1.90. The van der Waals surface area contributed by atoms with Gasteiger partial charge in [-0.05, 0) is 18.2 Å². The Morgan fingerprint density at radius 3 is 2.87 bits per heavy atom. The third-order valence-electron chi connectivity index (χ3n) is 1.96. The maximum atomic E-state index is 13.4. The van der Waals surface area contributed by atoms with E-state index in [2.05, 4.69) is 4.98 Å². The zero-order valence-electron chi connectivity index (χ0n) is 7.58. The van der Waals surface area contributed by atoms with E-state index in [1.807, 2.05) is 0 Å². The normalized spacial score (nSPS) is 10.6. The average molecular weight is 227 g/mol. The summed E-state index contributed by atoms with van der Waals surface area (Å²) in [6.45, 7) is -0.283. The molecule has 0 aliphatic heterocycles. The van der Waals surface area contributed by atoms with Crippen LogP contribution >= 0.6 is 11.3 Å². The summed E-state index contributed by atoms with van der Waals surface area (Å²) in [6.07, 6.45) is 0. The molecule has 1 aromatic heterocycles. The highest BCUT2D eigenvalue weighted by Crippen LogP contribution is 2.30. The molecule has 2 nitrogen and oxygen atoms in total. The molecule has 1 N–H and O–H groups in total. The molecule has 5 heteroatoms. The number of aliphatic hydroxyl groups excluding tert-OH is 1. The first kappa shape index (κ1) is 10.2. The molecular formula is C10H7F2NOS. The lowest BCUT2D eigenvalue weighted by molar-refractivity contribution is 0.278. The molecule has 0 unspecified atom stereocenters. The van der Waals surface area contributed by atoms with Crippen LogP contribution in [0.2, 0.25) is 0 Å². The molecule has 78 valence electrons. The van der Waals surface area contributed by atoms with E-state index in [4.69, 9.17) is 5.11 Å². The smallest absolute Gasteiger partial charge is 0.132 e. The Bertz CT molecular complexity index is 484. The monoisotopic (exact) mass is 227 g/mol. The van der Waals surface area contributed by atoms with Crippen LogP contribution in [0.25, 0.3) is 10.4 Å². The molecule has 0 spiro atoms. The highest BCUT2D eigenvalue weighted by atomic mass is 32.1. The van der Waals surface area contributed by atoms with E-state index in [1.165, 1.54) is 16.8 Å². The number of aromatic nitrogens is 1. The van der Waals surface area contributed by atoms with Gasteiger partial charge in [-0.15, -0.1) is 11.3 Å². The molecule has 1 aromatic carbocycles. The highest BCUT2D eigenvalue weighted by Gasteiger charge is 2.12. The topological polar surface area (TPSA) is 33.1 Å². The van der Waals surface area contributed by atoms with Crippen LogP contribution in [0.15, 0.2) is 23.7 Å². The molecule has 0 amide bonds. The fraction of sp³-hybridized carbons (Fsp3) is 0.100. The first-order valence-corrected chi connectivity index (χ1v) is 5.09. The molecule has 0 saturated heterocycles. The molecule has 0 fully saturated rings. The number of hydrogen-bond donors (Lipinski definition) is 1. The van der Waals surface area contributed by atoms with Crippen molar-refractivity contribution in [1.82, 2.24) is 4.98 Å². The van der Waals surface area contributed by atoms with Crippen molar-refractivity contribution in [3.63, 3.8) is 0 Å². The quantitative estimate of drug-likeness (QED) is 0.855. The van der Waals surface area contributed by atoms with Gasteiger partial charge in [-0.25, -0.2) is 13.8 Å². The Morgan fingerprint density at radius 1 is 1.33 bits per heavy atom. The molecule has 0 aliphatic carbocycles. The van der Waals surface area contributed by atoms with Crippen LogP contribution in [0.3, 0.4) is 0 Å². The van der Waals surface area contributed by atoms with Crippen molar-refractivity contribution >= 4 is 11.3 Å². The molecule has 0 atom stereocenters. The average Bonchev–Trinajstić information content (AvgIpc) is 2.69. The first-order chi connectivity index (χ1) is 7.22. The lowest BCUT2D eigenvalue weighted by Gasteiger charge is -2.01. The van der Waals surface area contributed by atoms with Crippen molar-refractivity contribution in [3.8, 4) is 10.4 Å². The standard InChI is InChI=1S/C10H7F2NOS/c11-6-1-2-8(12)7(3-6)10-9(4-14)13-5-15-10/h1-3,5,14H,4H2. The van der Waals surface area contributed by atoms with Gasteiger partial charge in [-0.2, -0.15) is 0 Å².